The molecule has 4 rings (SSSR count). The van der Waals surface area contributed by atoms with Crippen LogP contribution in [0.3, 0.4) is 0 Å². The molecule has 3 heterocycles. The number of nitrogens with one attached hydrogen (secondary N) is 1. The number of fused-ring (bicyclic) bond motifs is 2. The van der Waals surface area contributed by atoms with Crippen molar-refractivity contribution < 1.29 is 4.79 Å². The van der Waals surface area contributed by atoms with Gasteiger partial charge in [-0.2, -0.15) is 5.10 Å². The second-order valence-corrected chi connectivity index (χ2v) is 5.63. The van der Waals surface area contributed by atoms with E-state index in [1.54, 1.807) is 17.1 Å². The second kappa shape index (κ2) is 5.42. The summed E-state index contributed by atoms with van der Waals surface area (Å²) in [5, 5.41) is 9.06. The van der Waals surface area contributed by atoms with Crippen molar-refractivity contribution in [2.75, 3.05) is 5.32 Å². The quantitative estimate of drug-likeness (QED) is 0.616. The van der Waals surface area contributed by atoms with Crippen LogP contribution >= 0.6 is 0 Å². The molecule has 1 aromatic carbocycles. The largest absolute Gasteiger partial charge is 0.321 e. The molecule has 0 saturated carbocycles. The monoisotopic (exact) mass is 317 g/mol. The van der Waals surface area contributed by atoms with Crippen molar-refractivity contribution in [3.05, 3.63) is 60.0 Å². The van der Waals surface area contributed by atoms with Gasteiger partial charge >= 0.3 is 0 Å². The number of nitrogens with zero attached hydrogens (tertiary/aromatic N) is 4. The summed E-state index contributed by atoms with van der Waals surface area (Å²) in [5.41, 5.74) is 3.68. The molecular formula is C18H15N5O. The molecule has 3 aromatic heterocycles. The van der Waals surface area contributed by atoms with E-state index >= 15 is 0 Å². The van der Waals surface area contributed by atoms with E-state index in [4.69, 9.17) is 0 Å². The standard InChI is InChI=1S/C18H15N5O/c1-11-14-9-12(10-20-17(14)23(2)22-11)18(24)21-16-7-3-6-15-13(16)5-4-8-19-15/h3-10H,1-2H3,(H,21,24). The summed E-state index contributed by atoms with van der Waals surface area (Å²) in [7, 11) is 1.84. The Labute approximate surface area is 138 Å². The van der Waals surface area contributed by atoms with E-state index in [0.717, 1.165) is 33.3 Å². The number of benzene rings is 1. The number of aryl methyl sites for hydroxylation is 2. The van der Waals surface area contributed by atoms with Gasteiger partial charge in [0.05, 0.1) is 22.5 Å². The van der Waals surface area contributed by atoms with E-state index in [9.17, 15) is 4.79 Å². The summed E-state index contributed by atoms with van der Waals surface area (Å²) in [6, 6.07) is 11.3. The molecule has 0 aliphatic heterocycles. The zero-order valence-corrected chi connectivity index (χ0v) is 13.3. The van der Waals surface area contributed by atoms with Crippen LogP contribution in [0.1, 0.15) is 16.1 Å². The predicted molar refractivity (Wildman–Crippen MR) is 92.9 cm³/mol. The number of carbonyl (C=O) groups is 1. The summed E-state index contributed by atoms with van der Waals surface area (Å²) < 4.78 is 1.71. The zero-order chi connectivity index (χ0) is 16.7. The normalized spacial score (nSPS) is 11.1. The molecule has 0 bridgehead atoms. The molecule has 0 aliphatic carbocycles. The lowest BCUT2D eigenvalue weighted by Gasteiger charge is -2.08. The highest BCUT2D eigenvalue weighted by Crippen LogP contribution is 2.23. The molecule has 118 valence electrons. The second-order valence-electron chi connectivity index (χ2n) is 5.63. The first-order chi connectivity index (χ1) is 11.6. The Morgan fingerprint density at radius 2 is 2.00 bits per heavy atom. The van der Waals surface area contributed by atoms with Gasteiger partial charge in [-0.1, -0.05) is 6.07 Å². The van der Waals surface area contributed by atoms with Crippen LogP contribution in [0.15, 0.2) is 48.8 Å². The van der Waals surface area contributed by atoms with Crippen LogP contribution < -0.4 is 5.32 Å². The fourth-order valence-corrected chi connectivity index (χ4v) is 2.84. The first-order valence-corrected chi connectivity index (χ1v) is 7.58. The van der Waals surface area contributed by atoms with E-state index in [1.807, 2.05) is 50.4 Å². The van der Waals surface area contributed by atoms with Crippen molar-refractivity contribution in [1.82, 2.24) is 19.7 Å². The third-order valence-electron chi connectivity index (χ3n) is 4.02. The van der Waals surface area contributed by atoms with Gasteiger partial charge in [-0.15, -0.1) is 0 Å². The summed E-state index contributed by atoms with van der Waals surface area (Å²) in [6.45, 7) is 1.90. The van der Waals surface area contributed by atoms with Gasteiger partial charge in [-0.25, -0.2) is 4.98 Å². The minimum atomic E-state index is -0.205. The van der Waals surface area contributed by atoms with E-state index < -0.39 is 0 Å². The summed E-state index contributed by atoms with van der Waals surface area (Å²) >= 11 is 0. The maximum absolute atomic E-state index is 12.6. The smallest absolute Gasteiger partial charge is 0.257 e. The van der Waals surface area contributed by atoms with Crippen molar-refractivity contribution in [3.8, 4) is 0 Å². The third kappa shape index (κ3) is 2.28. The summed E-state index contributed by atoms with van der Waals surface area (Å²) in [4.78, 5) is 21.3. The topological polar surface area (TPSA) is 72.7 Å². The molecule has 0 unspecified atom stereocenters. The number of rotatable bonds is 2. The van der Waals surface area contributed by atoms with Gasteiger partial charge in [-0.05, 0) is 37.3 Å². The highest BCUT2D eigenvalue weighted by Gasteiger charge is 2.13. The van der Waals surface area contributed by atoms with Crippen molar-refractivity contribution >= 4 is 33.5 Å². The molecule has 24 heavy (non-hydrogen) atoms. The molecule has 6 nitrogen and oxygen atoms in total. The molecule has 0 fully saturated rings. The van der Waals surface area contributed by atoms with Gasteiger partial charge in [0.25, 0.3) is 5.91 Å². The van der Waals surface area contributed by atoms with Crippen LogP contribution in [-0.2, 0) is 7.05 Å². The molecule has 6 heteroatoms. The first kappa shape index (κ1) is 14.3. The van der Waals surface area contributed by atoms with Crippen LogP contribution in [0, 0.1) is 6.92 Å². The number of hydrogen-bond acceptors (Lipinski definition) is 4. The Balaban J connectivity index is 1.72. The maximum Gasteiger partial charge on any atom is 0.257 e. The molecule has 4 aromatic rings. The fraction of sp³-hybridized carbons (Fsp3) is 0.111. The molecule has 0 spiro atoms. The number of carbonyl (C=O) groups excluding carboxylic acids is 1. The number of hydrogen-bond donors (Lipinski definition) is 1. The lowest BCUT2D eigenvalue weighted by molar-refractivity contribution is 0.102. The van der Waals surface area contributed by atoms with Crippen molar-refractivity contribution in [3.63, 3.8) is 0 Å². The number of anilines is 1. The molecule has 0 atom stereocenters. The highest BCUT2D eigenvalue weighted by molar-refractivity contribution is 6.09. The molecule has 1 amide bonds. The number of amides is 1. The SMILES string of the molecule is Cc1nn(C)c2ncc(C(=O)Nc3cccc4ncccc34)cc12. The van der Waals surface area contributed by atoms with E-state index in [2.05, 4.69) is 20.4 Å². The molecule has 0 radical (unpaired) electrons. The summed E-state index contributed by atoms with van der Waals surface area (Å²) in [5.74, 6) is -0.205. The Morgan fingerprint density at radius 1 is 1.12 bits per heavy atom. The predicted octanol–water partition coefficient (Wildman–Crippen LogP) is 3.08. The van der Waals surface area contributed by atoms with Gasteiger partial charge in [0.1, 0.15) is 0 Å². The molecule has 1 N–H and O–H groups in total. The molecule has 0 aliphatic rings. The van der Waals surface area contributed by atoms with Crippen LogP contribution in [-0.4, -0.2) is 25.7 Å². The lowest BCUT2D eigenvalue weighted by atomic mass is 10.1. The van der Waals surface area contributed by atoms with Gasteiger partial charge in [0.15, 0.2) is 5.65 Å². The van der Waals surface area contributed by atoms with Crippen molar-refractivity contribution in [1.29, 1.82) is 0 Å². The summed E-state index contributed by atoms with van der Waals surface area (Å²) in [6.07, 6.45) is 3.30. The van der Waals surface area contributed by atoms with Crippen LogP contribution in [0.5, 0.6) is 0 Å². The average molecular weight is 317 g/mol. The maximum atomic E-state index is 12.6. The minimum absolute atomic E-state index is 0.205. The minimum Gasteiger partial charge on any atom is -0.321 e. The molecule has 0 saturated heterocycles. The van der Waals surface area contributed by atoms with Crippen LogP contribution in [0.2, 0.25) is 0 Å². The van der Waals surface area contributed by atoms with Crippen molar-refractivity contribution in [2.45, 2.75) is 6.92 Å². The van der Waals surface area contributed by atoms with E-state index in [0.29, 0.717) is 5.56 Å². The number of pyridine rings is 2. The van der Waals surface area contributed by atoms with Gasteiger partial charge in [-0.3, -0.25) is 14.5 Å². The Hall–Kier alpha value is -3.28. The highest BCUT2D eigenvalue weighted by atomic mass is 16.1. The van der Waals surface area contributed by atoms with Gasteiger partial charge in [0, 0.05) is 30.2 Å². The van der Waals surface area contributed by atoms with Crippen molar-refractivity contribution in [2.24, 2.45) is 7.05 Å². The third-order valence-corrected chi connectivity index (χ3v) is 4.02. The number of aromatic nitrogens is 4. The van der Waals surface area contributed by atoms with Gasteiger partial charge < -0.3 is 5.32 Å². The fourth-order valence-electron chi connectivity index (χ4n) is 2.84. The van der Waals surface area contributed by atoms with Gasteiger partial charge in [0.2, 0.25) is 0 Å². The zero-order valence-electron chi connectivity index (χ0n) is 13.3. The Bertz CT molecular complexity index is 1080. The lowest BCUT2D eigenvalue weighted by Crippen LogP contribution is -2.12. The first-order valence-electron chi connectivity index (χ1n) is 7.58. The molecular weight excluding hydrogens is 302 g/mol. The van der Waals surface area contributed by atoms with E-state index in [-0.39, 0.29) is 5.91 Å². The van der Waals surface area contributed by atoms with E-state index in [1.165, 1.54) is 0 Å². The Kier molecular flexibility index (Phi) is 3.23. The van der Waals surface area contributed by atoms with Crippen LogP contribution in [0.4, 0.5) is 5.69 Å². The Morgan fingerprint density at radius 3 is 2.88 bits per heavy atom. The average Bonchev–Trinajstić information content (AvgIpc) is 2.89. The van der Waals surface area contributed by atoms with Crippen LogP contribution in [0.25, 0.3) is 21.9 Å².